The summed E-state index contributed by atoms with van der Waals surface area (Å²) in [6.45, 7) is 6.22. The van der Waals surface area contributed by atoms with Crippen molar-refractivity contribution in [1.82, 2.24) is 10.1 Å². The number of benzene rings is 1. The lowest BCUT2D eigenvalue weighted by molar-refractivity contribution is 0.162. The standard InChI is InChI=1S/C25H32N2O3/c1-2-21-24(29-17-19-5-6-19)10-8-22-23(26-30-25(21)22)9-7-18-11-13-27(14-12-18)16-20-4-3-15-28-20/h3-4,8,10,15,18-19H,2,5-7,9,11-14,16-17H2,1H3. The van der Waals surface area contributed by atoms with Gasteiger partial charge in [-0.2, -0.15) is 0 Å². The summed E-state index contributed by atoms with van der Waals surface area (Å²) in [5.41, 5.74) is 3.19. The molecule has 5 nitrogen and oxygen atoms in total. The Kier molecular flexibility index (Phi) is 5.80. The summed E-state index contributed by atoms with van der Waals surface area (Å²) < 4.78 is 17.4. The highest BCUT2D eigenvalue weighted by atomic mass is 16.5. The van der Waals surface area contributed by atoms with E-state index in [-0.39, 0.29) is 0 Å². The number of likely N-dealkylation sites (tertiary alicyclic amines) is 1. The van der Waals surface area contributed by atoms with Crippen LogP contribution < -0.4 is 4.74 Å². The van der Waals surface area contributed by atoms with Gasteiger partial charge < -0.3 is 13.7 Å². The van der Waals surface area contributed by atoms with Gasteiger partial charge in [0.05, 0.1) is 25.1 Å². The molecular formula is C25H32N2O3. The highest BCUT2D eigenvalue weighted by Crippen LogP contribution is 2.34. The first-order chi connectivity index (χ1) is 14.8. The fourth-order valence-corrected chi connectivity index (χ4v) is 4.63. The van der Waals surface area contributed by atoms with E-state index >= 15 is 0 Å². The van der Waals surface area contributed by atoms with Crippen molar-refractivity contribution in [2.45, 2.75) is 58.4 Å². The number of hydrogen-bond donors (Lipinski definition) is 0. The minimum absolute atomic E-state index is 0.751. The van der Waals surface area contributed by atoms with Crippen molar-refractivity contribution in [3.05, 3.63) is 47.5 Å². The average Bonchev–Trinajstić information content (AvgIpc) is 3.29. The average molecular weight is 409 g/mol. The number of aryl methyl sites for hydroxylation is 2. The van der Waals surface area contributed by atoms with Crippen molar-refractivity contribution in [3.63, 3.8) is 0 Å². The third-order valence-electron chi connectivity index (χ3n) is 6.76. The molecule has 0 spiro atoms. The number of aromatic nitrogens is 1. The SMILES string of the molecule is CCc1c(OCC2CC2)ccc2c(CCC3CCN(Cc4ccco4)CC3)noc12. The molecule has 3 heterocycles. The van der Waals surface area contributed by atoms with E-state index in [9.17, 15) is 0 Å². The highest BCUT2D eigenvalue weighted by Gasteiger charge is 2.24. The van der Waals surface area contributed by atoms with Crippen LogP contribution in [-0.2, 0) is 19.4 Å². The summed E-state index contributed by atoms with van der Waals surface area (Å²) in [6.07, 6.45) is 9.93. The Morgan fingerprint density at radius 2 is 1.97 bits per heavy atom. The van der Waals surface area contributed by atoms with Gasteiger partial charge in [-0.25, -0.2) is 0 Å². The first-order valence-corrected chi connectivity index (χ1v) is 11.6. The topological polar surface area (TPSA) is 51.6 Å². The Labute approximate surface area is 178 Å². The molecule has 30 heavy (non-hydrogen) atoms. The van der Waals surface area contributed by atoms with E-state index in [1.807, 2.05) is 6.07 Å². The molecule has 0 atom stereocenters. The Bertz CT molecular complexity index is 950. The molecule has 1 saturated heterocycles. The van der Waals surface area contributed by atoms with Gasteiger partial charge in [0.15, 0.2) is 5.58 Å². The van der Waals surface area contributed by atoms with Gasteiger partial charge in [0.25, 0.3) is 0 Å². The van der Waals surface area contributed by atoms with Crippen LogP contribution in [0.4, 0.5) is 0 Å². The predicted octanol–water partition coefficient (Wildman–Crippen LogP) is 5.62. The van der Waals surface area contributed by atoms with Crippen molar-refractivity contribution < 1.29 is 13.7 Å². The van der Waals surface area contributed by atoms with Crippen molar-refractivity contribution in [2.24, 2.45) is 11.8 Å². The van der Waals surface area contributed by atoms with E-state index in [1.165, 1.54) is 37.5 Å². The largest absolute Gasteiger partial charge is 0.493 e. The smallest absolute Gasteiger partial charge is 0.174 e. The van der Waals surface area contributed by atoms with E-state index in [0.717, 1.165) is 79.3 Å². The summed E-state index contributed by atoms with van der Waals surface area (Å²) in [4.78, 5) is 2.50. The number of fused-ring (bicyclic) bond motifs is 1. The van der Waals surface area contributed by atoms with Crippen LogP contribution in [0.1, 0.15) is 56.0 Å². The van der Waals surface area contributed by atoms with Crippen LogP contribution in [0.2, 0.25) is 0 Å². The van der Waals surface area contributed by atoms with Gasteiger partial charge >= 0.3 is 0 Å². The van der Waals surface area contributed by atoms with Gasteiger partial charge in [0.2, 0.25) is 0 Å². The number of rotatable bonds is 9. The first-order valence-electron chi connectivity index (χ1n) is 11.6. The number of nitrogens with zero attached hydrogens (tertiary/aromatic N) is 2. The molecule has 2 aromatic heterocycles. The zero-order valence-electron chi connectivity index (χ0n) is 17.9. The molecule has 0 bridgehead atoms. The molecule has 1 saturated carbocycles. The van der Waals surface area contributed by atoms with Gasteiger partial charge in [-0.1, -0.05) is 12.1 Å². The fraction of sp³-hybridized carbons (Fsp3) is 0.560. The molecule has 2 fully saturated rings. The summed E-state index contributed by atoms with van der Waals surface area (Å²) >= 11 is 0. The minimum Gasteiger partial charge on any atom is -0.493 e. The highest BCUT2D eigenvalue weighted by molar-refractivity contribution is 5.84. The van der Waals surface area contributed by atoms with Gasteiger partial charge in [0, 0.05) is 10.9 Å². The Morgan fingerprint density at radius 1 is 1.10 bits per heavy atom. The molecule has 0 N–H and O–H groups in total. The monoisotopic (exact) mass is 408 g/mol. The minimum atomic E-state index is 0.751. The second-order valence-electron chi connectivity index (χ2n) is 8.99. The van der Waals surface area contributed by atoms with E-state index in [2.05, 4.69) is 35.2 Å². The molecule has 1 aliphatic heterocycles. The van der Waals surface area contributed by atoms with Gasteiger partial charge in [-0.15, -0.1) is 0 Å². The van der Waals surface area contributed by atoms with Crippen molar-refractivity contribution in [3.8, 4) is 5.75 Å². The second-order valence-corrected chi connectivity index (χ2v) is 8.99. The number of piperidine rings is 1. The molecule has 3 aromatic rings. The Morgan fingerprint density at radius 3 is 2.70 bits per heavy atom. The van der Waals surface area contributed by atoms with Crippen LogP contribution in [-0.4, -0.2) is 29.8 Å². The maximum absolute atomic E-state index is 6.07. The van der Waals surface area contributed by atoms with Crippen LogP contribution >= 0.6 is 0 Å². The zero-order chi connectivity index (χ0) is 20.3. The lowest BCUT2D eigenvalue weighted by Gasteiger charge is -2.31. The molecule has 0 radical (unpaired) electrons. The van der Waals surface area contributed by atoms with E-state index in [1.54, 1.807) is 6.26 Å². The van der Waals surface area contributed by atoms with E-state index in [4.69, 9.17) is 13.7 Å². The van der Waals surface area contributed by atoms with Gasteiger partial charge in [0.1, 0.15) is 11.5 Å². The number of hydrogen-bond acceptors (Lipinski definition) is 5. The number of ether oxygens (including phenoxy) is 1. The molecule has 5 rings (SSSR count). The van der Waals surface area contributed by atoms with Crippen LogP contribution in [0, 0.1) is 11.8 Å². The summed E-state index contributed by atoms with van der Waals surface area (Å²) in [6, 6.07) is 8.30. The fourth-order valence-electron chi connectivity index (χ4n) is 4.63. The molecule has 1 aliphatic carbocycles. The molecule has 0 amide bonds. The Balaban J connectivity index is 1.17. The quantitative estimate of drug-likeness (QED) is 0.460. The molecule has 2 aliphatic rings. The third-order valence-corrected chi connectivity index (χ3v) is 6.76. The number of furan rings is 1. The molecule has 160 valence electrons. The van der Waals surface area contributed by atoms with Gasteiger partial charge in [-0.05, 0) is 94.1 Å². The first kappa shape index (κ1) is 19.7. The Hall–Kier alpha value is -2.27. The lowest BCUT2D eigenvalue weighted by atomic mass is 9.91. The van der Waals surface area contributed by atoms with Crippen LogP contribution in [0.25, 0.3) is 11.0 Å². The van der Waals surface area contributed by atoms with E-state index < -0.39 is 0 Å². The lowest BCUT2D eigenvalue weighted by Crippen LogP contribution is -2.33. The predicted molar refractivity (Wildman–Crippen MR) is 117 cm³/mol. The van der Waals surface area contributed by atoms with E-state index in [0.29, 0.717) is 0 Å². The summed E-state index contributed by atoms with van der Waals surface area (Å²) in [5.74, 6) is 3.55. The van der Waals surface area contributed by atoms with Crippen LogP contribution in [0.15, 0.2) is 39.5 Å². The van der Waals surface area contributed by atoms with Crippen LogP contribution in [0.5, 0.6) is 5.75 Å². The molecule has 5 heteroatoms. The van der Waals surface area contributed by atoms with Crippen LogP contribution in [0.3, 0.4) is 0 Å². The molecule has 1 aromatic carbocycles. The third kappa shape index (κ3) is 4.41. The molecule has 0 unspecified atom stereocenters. The maximum Gasteiger partial charge on any atom is 0.174 e. The maximum atomic E-state index is 6.07. The summed E-state index contributed by atoms with van der Waals surface area (Å²) in [5, 5.41) is 5.62. The zero-order valence-corrected chi connectivity index (χ0v) is 17.9. The van der Waals surface area contributed by atoms with Gasteiger partial charge in [-0.3, -0.25) is 4.90 Å². The van der Waals surface area contributed by atoms with Crippen molar-refractivity contribution in [2.75, 3.05) is 19.7 Å². The van der Waals surface area contributed by atoms with Crippen molar-refractivity contribution in [1.29, 1.82) is 0 Å². The normalized spacial score (nSPS) is 18.3. The molecular weight excluding hydrogens is 376 g/mol. The summed E-state index contributed by atoms with van der Waals surface area (Å²) in [7, 11) is 0. The second kappa shape index (κ2) is 8.84. The van der Waals surface area contributed by atoms with Crippen molar-refractivity contribution >= 4 is 11.0 Å².